The Bertz CT molecular complexity index is 2580. The molecule has 0 amide bonds. The van der Waals surface area contributed by atoms with Gasteiger partial charge in [-0.3, -0.25) is 0 Å². The van der Waals surface area contributed by atoms with E-state index < -0.39 is 6.85 Å². The Labute approximate surface area is 280 Å². The Kier molecular flexibility index (Phi) is 6.04. The van der Waals surface area contributed by atoms with Gasteiger partial charge in [0.25, 0.3) is 5.82 Å². The van der Waals surface area contributed by atoms with Crippen LogP contribution in [0.15, 0.2) is 108 Å². The number of hydrogen-bond acceptors (Lipinski definition) is 2. The fraction of sp³-hybridized carbons (Fsp3) is 0.209. The molecule has 0 unspecified atom stereocenters. The van der Waals surface area contributed by atoms with Crippen molar-refractivity contribution in [2.24, 2.45) is 7.05 Å². The molecule has 232 valence electrons. The maximum absolute atomic E-state index is 8.66. The SMILES string of the molecule is [2H]C([2H])([2H])c1cc(C)c(-c2n(-c3c(C(C)C)cc(-c4ccccc4)cc3C(C)C)c3ccccc3[n+]2C)c2oc3ncc4ccccc4c3c12. The Morgan fingerprint density at radius 3 is 2.17 bits per heavy atom. The molecule has 0 aliphatic heterocycles. The van der Waals surface area contributed by atoms with Crippen LogP contribution in [-0.2, 0) is 7.05 Å². The second kappa shape index (κ2) is 10.9. The molecular formula is C43H40N3O+. The minimum absolute atomic E-state index is 0.214. The highest BCUT2D eigenvalue weighted by atomic mass is 16.3. The Hall–Kier alpha value is -5.22. The first kappa shape index (κ1) is 25.9. The molecule has 0 radical (unpaired) electrons. The lowest BCUT2D eigenvalue weighted by Gasteiger charge is -2.21. The summed E-state index contributed by atoms with van der Waals surface area (Å²) in [5.41, 5.74) is 11.0. The van der Waals surface area contributed by atoms with Gasteiger partial charge in [0.15, 0.2) is 16.6 Å². The van der Waals surface area contributed by atoms with Crippen LogP contribution < -0.4 is 4.57 Å². The first-order chi connectivity index (χ1) is 24.0. The molecule has 8 aromatic rings. The van der Waals surface area contributed by atoms with Crippen molar-refractivity contribution in [2.45, 2.75) is 53.3 Å². The molecule has 3 heterocycles. The maximum atomic E-state index is 8.66. The summed E-state index contributed by atoms with van der Waals surface area (Å²) in [6.07, 6.45) is 1.80. The van der Waals surface area contributed by atoms with Crippen LogP contribution in [0.25, 0.3) is 72.1 Å². The van der Waals surface area contributed by atoms with Crippen molar-refractivity contribution in [1.82, 2.24) is 9.55 Å². The second-order valence-electron chi connectivity index (χ2n) is 13.3. The van der Waals surface area contributed by atoms with E-state index >= 15 is 0 Å². The van der Waals surface area contributed by atoms with Crippen LogP contribution in [0, 0.1) is 13.8 Å². The van der Waals surface area contributed by atoms with E-state index in [-0.39, 0.29) is 17.4 Å². The van der Waals surface area contributed by atoms with Crippen molar-refractivity contribution in [3.63, 3.8) is 0 Å². The first-order valence-corrected chi connectivity index (χ1v) is 16.4. The zero-order valence-corrected chi connectivity index (χ0v) is 27.7. The normalized spacial score (nSPS) is 13.3. The Balaban J connectivity index is 1.57. The van der Waals surface area contributed by atoms with Gasteiger partial charge in [0, 0.05) is 32.2 Å². The van der Waals surface area contributed by atoms with Crippen LogP contribution in [0.2, 0.25) is 0 Å². The number of imidazole rings is 1. The second-order valence-corrected chi connectivity index (χ2v) is 13.3. The monoisotopic (exact) mass is 617 g/mol. The Morgan fingerprint density at radius 1 is 0.766 bits per heavy atom. The van der Waals surface area contributed by atoms with Gasteiger partial charge in [-0.25, -0.2) is 9.55 Å². The number of furan rings is 1. The van der Waals surface area contributed by atoms with Crippen molar-refractivity contribution >= 4 is 43.9 Å². The molecule has 8 rings (SSSR count). The molecule has 0 saturated carbocycles. The van der Waals surface area contributed by atoms with Crippen molar-refractivity contribution < 1.29 is 13.1 Å². The standard InChI is InChI=1S/C43H40N3O/c1-25(2)33-22-31(29-15-9-8-10-16-29)23-34(26(3)4)40(33)46-36-20-14-13-19-35(36)45(7)43(46)38-28(6)21-27(5)37-39-32-18-12-11-17-30(32)24-44-42(39)47-41(37)38/h8-26H,1-7H3/q+1/i5D3. The number of pyridine rings is 1. The highest BCUT2D eigenvalue weighted by Gasteiger charge is 2.34. The number of aromatic nitrogens is 3. The van der Waals surface area contributed by atoms with E-state index in [0.717, 1.165) is 49.8 Å². The fourth-order valence-corrected chi connectivity index (χ4v) is 7.41. The average molecular weight is 618 g/mol. The number of rotatable bonds is 5. The van der Waals surface area contributed by atoms with Crippen LogP contribution in [0.3, 0.4) is 0 Å². The number of nitrogens with zero attached hydrogens (tertiary/aromatic N) is 3. The summed E-state index contributed by atoms with van der Waals surface area (Å²) in [4.78, 5) is 4.73. The van der Waals surface area contributed by atoms with Crippen molar-refractivity contribution in [3.05, 3.63) is 126 Å². The lowest BCUT2D eigenvalue weighted by molar-refractivity contribution is -0.633. The number of benzene rings is 5. The van der Waals surface area contributed by atoms with Gasteiger partial charge in [-0.2, -0.15) is 4.57 Å². The van der Waals surface area contributed by atoms with Gasteiger partial charge < -0.3 is 4.42 Å². The molecule has 0 aliphatic rings. The minimum Gasteiger partial charge on any atom is -0.437 e. The molecule has 0 fully saturated rings. The van der Waals surface area contributed by atoms with Crippen molar-refractivity contribution in [3.8, 4) is 28.2 Å². The van der Waals surface area contributed by atoms with E-state index in [1.165, 1.54) is 22.3 Å². The fourth-order valence-electron chi connectivity index (χ4n) is 7.41. The molecule has 4 nitrogen and oxygen atoms in total. The van der Waals surface area contributed by atoms with Crippen LogP contribution in [-0.4, -0.2) is 9.55 Å². The van der Waals surface area contributed by atoms with Gasteiger partial charge in [0.05, 0.1) is 12.4 Å². The van der Waals surface area contributed by atoms with E-state index in [0.29, 0.717) is 16.7 Å². The van der Waals surface area contributed by atoms with Crippen LogP contribution in [0.1, 0.15) is 65.9 Å². The van der Waals surface area contributed by atoms with Gasteiger partial charge in [-0.1, -0.05) is 100 Å². The molecule has 0 spiro atoms. The quantitative estimate of drug-likeness (QED) is 0.180. The lowest BCUT2D eigenvalue weighted by Crippen LogP contribution is -2.30. The van der Waals surface area contributed by atoms with Gasteiger partial charge in [-0.05, 0) is 77.5 Å². The van der Waals surface area contributed by atoms with Crippen LogP contribution in [0.4, 0.5) is 0 Å². The maximum Gasteiger partial charge on any atom is 0.299 e. The number of aryl methyl sites for hydroxylation is 3. The molecule has 5 aromatic carbocycles. The molecule has 3 aromatic heterocycles. The predicted molar refractivity (Wildman–Crippen MR) is 196 cm³/mol. The number of para-hydroxylation sites is 2. The van der Waals surface area contributed by atoms with Gasteiger partial charge in [0.1, 0.15) is 11.3 Å². The summed E-state index contributed by atoms with van der Waals surface area (Å²) in [7, 11) is 2.09. The molecule has 4 heteroatoms. The van der Waals surface area contributed by atoms with Crippen molar-refractivity contribution in [1.29, 1.82) is 0 Å². The topological polar surface area (TPSA) is 34.8 Å². The summed E-state index contributed by atoms with van der Waals surface area (Å²) in [5, 5.41) is 3.17. The molecule has 47 heavy (non-hydrogen) atoms. The van der Waals surface area contributed by atoms with E-state index in [1.807, 2.05) is 37.3 Å². The average Bonchev–Trinajstić information content (AvgIpc) is 3.62. The largest absolute Gasteiger partial charge is 0.437 e. The number of fused-ring (bicyclic) bond motifs is 6. The molecule has 0 bridgehead atoms. The zero-order chi connectivity index (χ0) is 35.1. The zero-order valence-electron chi connectivity index (χ0n) is 30.7. The van der Waals surface area contributed by atoms with Crippen LogP contribution >= 0.6 is 0 Å². The van der Waals surface area contributed by atoms with Crippen LogP contribution in [0.5, 0.6) is 0 Å². The molecule has 0 aliphatic carbocycles. The molecule has 0 N–H and O–H groups in total. The van der Waals surface area contributed by atoms with Crippen molar-refractivity contribution in [2.75, 3.05) is 0 Å². The lowest BCUT2D eigenvalue weighted by atomic mass is 9.88. The van der Waals surface area contributed by atoms with Gasteiger partial charge >= 0.3 is 0 Å². The summed E-state index contributed by atoms with van der Waals surface area (Å²) in [5.74, 6) is 1.35. The highest BCUT2D eigenvalue weighted by Crippen LogP contribution is 2.44. The predicted octanol–water partition coefficient (Wildman–Crippen LogP) is 11.1. The van der Waals surface area contributed by atoms with Gasteiger partial charge in [0.2, 0.25) is 5.71 Å². The summed E-state index contributed by atoms with van der Waals surface area (Å²) >= 11 is 0. The summed E-state index contributed by atoms with van der Waals surface area (Å²) in [6.45, 7) is 8.66. The minimum atomic E-state index is -2.37. The smallest absolute Gasteiger partial charge is 0.299 e. The molecular weight excluding hydrogens is 574 g/mol. The summed E-state index contributed by atoms with van der Waals surface area (Å²) < 4.78 is 37.3. The third-order valence-electron chi connectivity index (χ3n) is 9.67. The van der Waals surface area contributed by atoms with E-state index in [9.17, 15) is 0 Å². The van der Waals surface area contributed by atoms with E-state index in [4.69, 9.17) is 13.5 Å². The Morgan fingerprint density at radius 2 is 1.45 bits per heavy atom. The highest BCUT2D eigenvalue weighted by molar-refractivity contribution is 6.20. The van der Waals surface area contributed by atoms with Gasteiger partial charge in [-0.15, -0.1) is 0 Å². The third-order valence-corrected chi connectivity index (χ3v) is 9.67. The summed E-state index contributed by atoms with van der Waals surface area (Å²) in [6, 6.07) is 33.6. The van der Waals surface area contributed by atoms with E-state index in [2.05, 4.69) is 111 Å². The molecule has 0 atom stereocenters. The third kappa shape index (κ3) is 4.42. The first-order valence-electron chi connectivity index (χ1n) is 17.9. The molecule has 0 saturated heterocycles. The van der Waals surface area contributed by atoms with E-state index in [1.54, 1.807) is 6.20 Å². The number of hydrogen-bond donors (Lipinski definition) is 0.